The van der Waals surface area contributed by atoms with E-state index >= 15 is 0 Å². The average Bonchev–Trinajstić information content (AvgIpc) is 2.67. The molecule has 2 rings (SSSR count). The number of nitrogens with zero attached hydrogens (tertiary/aromatic N) is 1. The smallest absolute Gasteiger partial charge is 0.255 e. The van der Waals surface area contributed by atoms with Gasteiger partial charge in [0.05, 0.1) is 21.7 Å². The minimum atomic E-state index is -3.84. The first-order chi connectivity index (χ1) is 13.2. The van der Waals surface area contributed by atoms with E-state index in [0.29, 0.717) is 18.8 Å². The normalized spacial score (nSPS) is 12.4. The number of sulfonamides is 2. The van der Waals surface area contributed by atoms with Crippen LogP contribution in [0.3, 0.4) is 0 Å². The number of rotatable bonds is 9. The summed E-state index contributed by atoms with van der Waals surface area (Å²) in [6.45, 7) is 4.16. The Balaban J connectivity index is 2.38. The third-order valence-electron chi connectivity index (χ3n) is 4.09. The molecule has 0 saturated carbocycles. The first-order valence-electron chi connectivity index (χ1n) is 8.81. The van der Waals surface area contributed by atoms with E-state index in [-0.39, 0.29) is 10.6 Å². The number of anilines is 2. The second-order valence-electron chi connectivity index (χ2n) is 5.91. The second-order valence-corrected chi connectivity index (χ2v) is 9.41. The highest BCUT2D eigenvalue weighted by Gasteiger charge is 2.23. The Morgan fingerprint density at radius 2 is 1.57 bits per heavy atom. The van der Waals surface area contributed by atoms with Crippen LogP contribution in [0.5, 0.6) is 0 Å². The Labute approximate surface area is 167 Å². The van der Waals surface area contributed by atoms with Crippen LogP contribution >= 0.6 is 0 Å². The van der Waals surface area contributed by atoms with Gasteiger partial charge in [0.2, 0.25) is 10.0 Å². The standard InChI is InChI=1S/C19H25N3O4S2/c1-4-22(5-2)28(25,26)17-11-12-18(20-3)19(15-17)21-27(23,24)14-13-16-9-7-6-8-10-16/h6-15,20-21H,4-5H2,1-3H3. The maximum Gasteiger partial charge on any atom is 0.255 e. The first-order valence-corrected chi connectivity index (χ1v) is 11.8. The fourth-order valence-corrected chi connectivity index (χ4v) is 4.98. The van der Waals surface area contributed by atoms with Crippen molar-refractivity contribution in [2.75, 3.05) is 30.2 Å². The van der Waals surface area contributed by atoms with E-state index < -0.39 is 20.0 Å². The fourth-order valence-electron chi connectivity index (χ4n) is 2.62. The molecule has 0 bridgehead atoms. The molecule has 0 aliphatic carbocycles. The van der Waals surface area contributed by atoms with Crippen molar-refractivity contribution in [3.05, 3.63) is 59.5 Å². The summed E-state index contributed by atoms with van der Waals surface area (Å²) in [7, 11) is -5.91. The summed E-state index contributed by atoms with van der Waals surface area (Å²) in [4.78, 5) is 0.0277. The lowest BCUT2D eigenvalue weighted by molar-refractivity contribution is 0.445. The Morgan fingerprint density at radius 3 is 2.14 bits per heavy atom. The maximum absolute atomic E-state index is 12.7. The zero-order chi connectivity index (χ0) is 20.8. The van der Waals surface area contributed by atoms with Crippen molar-refractivity contribution in [2.45, 2.75) is 18.7 Å². The van der Waals surface area contributed by atoms with Crippen LogP contribution in [0, 0.1) is 0 Å². The minimum absolute atomic E-state index is 0.0277. The van der Waals surface area contributed by atoms with Crippen LogP contribution in [0.15, 0.2) is 58.8 Å². The number of benzene rings is 2. The highest BCUT2D eigenvalue weighted by atomic mass is 32.2. The Hall–Kier alpha value is -2.36. The molecular weight excluding hydrogens is 398 g/mol. The van der Waals surface area contributed by atoms with Gasteiger partial charge in [-0.15, -0.1) is 0 Å². The highest BCUT2D eigenvalue weighted by molar-refractivity contribution is 7.95. The second kappa shape index (κ2) is 9.22. The van der Waals surface area contributed by atoms with Crippen molar-refractivity contribution in [1.82, 2.24) is 4.31 Å². The molecule has 0 unspecified atom stereocenters. The molecule has 9 heteroatoms. The first kappa shape index (κ1) is 21.9. The van der Waals surface area contributed by atoms with Gasteiger partial charge in [0.15, 0.2) is 0 Å². The zero-order valence-electron chi connectivity index (χ0n) is 16.1. The van der Waals surface area contributed by atoms with Gasteiger partial charge in [0.1, 0.15) is 0 Å². The third kappa shape index (κ3) is 5.34. The lowest BCUT2D eigenvalue weighted by Crippen LogP contribution is -2.30. The van der Waals surface area contributed by atoms with E-state index in [1.807, 2.05) is 6.07 Å². The molecule has 0 atom stereocenters. The van der Waals surface area contributed by atoms with Gasteiger partial charge in [0, 0.05) is 20.1 Å². The topological polar surface area (TPSA) is 95.6 Å². The van der Waals surface area contributed by atoms with Crippen molar-refractivity contribution in [3.63, 3.8) is 0 Å². The predicted molar refractivity (Wildman–Crippen MR) is 114 cm³/mol. The predicted octanol–water partition coefficient (Wildman–Crippen LogP) is 3.17. The fraction of sp³-hybridized carbons (Fsp3) is 0.263. The lowest BCUT2D eigenvalue weighted by atomic mass is 10.2. The van der Waals surface area contributed by atoms with Gasteiger partial charge in [-0.3, -0.25) is 4.72 Å². The minimum Gasteiger partial charge on any atom is -0.386 e. The van der Waals surface area contributed by atoms with E-state index in [0.717, 1.165) is 11.0 Å². The summed E-state index contributed by atoms with van der Waals surface area (Å²) in [5.41, 5.74) is 1.36. The summed E-state index contributed by atoms with van der Waals surface area (Å²) >= 11 is 0. The molecule has 2 aromatic rings. The van der Waals surface area contributed by atoms with Gasteiger partial charge in [-0.05, 0) is 29.8 Å². The van der Waals surface area contributed by atoms with E-state index in [9.17, 15) is 16.8 Å². The molecule has 0 spiro atoms. The molecule has 0 heterocycles. The van der Waals surface area contributed by atoms with Crippen molar-refractivity contribution < 1.29 is 16.8 Å². The van der Waals surface area contributed by atoms with Gasteiger partial charge < -0.3 is 5.32 Å². The van der Waals surface area contributed by atoms with Crippen LogP contribution in [0.4, 0.5) is 11.4 Å². The van der Waals surface area contributed by atoms with E-state index in [2.05, 4.69) is 10.0 Å². The van der Waals surface area contributed by atoms with Crippen LogP contribution in [0.25, 0.3) is 6.08 Å². The van der Waals surface area contributed by atoms with Crippen molar-refractivity contribution in [2.24, 2.45) is 0 Å². The number of hydrogen-bond acceptors (Lipinski definition) is 5. The zero-order valence-corrected chi connectivity index (χ0v) is 17.7. The van der Waals surface area contributed by atoms with Crippen LogP contribution < -0.4 is 10.0 Å². The molecule has 0 aromatic heterocycles. The highest BCUT2D eigenvalue weighted by Crippen LogP contribution is 2.28. The van der Waals surface area contributed by atoms with E-state index in [1.165, 1.54) is 28.6 Å². The number of hydrogen-bond donors (Lipinski definition) is 2. The SMILES string of the molecule is CCN(CC)S(=O)(=O)c1ccc(NC)c(NS(=O)(=O)C=Cc2ccccc2)c1. The van der Waals surface area contributed by atoms with Crippen LogP contribution in [0.1, 0.15) is 19.4 Å². The maximum atomic E-state index is 12.7. The van der Waals surface area contributed by atoms with Gasteiger partial charge in [-0.2, -0.15) is 4.31 Å². The van der Waals surface area contributed by atoms with Gasteiger partial charge >= 0.3 is 0 Å². The molecule has 152 valence electrons. The monoisotopic (exact) mass is 423 g/mol. The third-order valence-corrected chi connectivity index (χ3v) is 7.14. The summed E-state index contributed by atoms with van der Waals surface area (Å²) in [6, 6.07) is 13.3. The van der Waals surface area contributed by atoms with Gasteiger partial charge in [-0.1, -0.05) is 44.2 Å². The molecule has 0 aliphatic rings. The van der Waals surface area contributed by atoms with Crippen molar-refractivity contribution in [3.8, 4) is 0 Å². The molecule has 0 amide bonds. The quantitative estimate of drug-likeness (QED) is 0.646. The Kier molecular flexibility index (Phi) is 7.22. The van der Waals surface area contributed by atoms with Crippen LogP contribution in [-0.2, 0) is 20.0 Å². The van der Waals surface area contributed by atoms with Crippen molar-refractivity contribution in [1.29, 1.82) is 0 Å². The van der Waals surface area contributed by atoms with Crippen molar-refractivity contribution >= 4 is 37.5 Å². The van der Waals surface area contributed by atoms with Gasteiger partial charge in [-0.25, -0.2) is 16.8 Å². The summed E-state index contributed by atoms with van der Waals surface area (Å²) in [6.07, 6.45) is 1.47. The number of nitrogens with one attached hydrogen (secondary N) is 2. The lowest BCUT2D eigenvalue weighted by Gasteiger charge is -2.20. The average molecular weight is 424 g/mol. The van der Waals surface area contributed by atoms with Gasteiger partial charge in [0.25, 0.3) is 10.0 Å². The molecule has 2 aromatic carbocycles. The molecule has 0 saturated heterocycles. The Morgan fingerprint density at radius 1 is 0.929 bits per heavy atom. The van der Waals surface area contributed by atoms with Crippen LogP contribution in [-0.4, -0.2) is 41.3 Å². The van der Waals surface area contributed by atoms with Crippen LogP contribution in [0.2, 0.25) is 0 Å². The molecule has 0 aliphatic heterocycles. The Bertz CT molecular complexity index is 1030. The van der Waals surface area contributed by atoms with E-state index in [4.69, 9.17) is 0 Å². The van der Waals surface area contributed by atoms with E-state index in [1.54, 1.807) is 45.2 Å². The molecule has 0 radical (unpaired) electrons. The summed E-state index contributed by atoms with van der Waals surface area (Å²) in [5.74, 6) is 0. The summed E-state index contributed by atoms with van der Waals surface area (Å²) < 4.78 is 54.1. The molecule has 2 N–H and O–H groups in total. The summed E-state index contributed by atoms with van der Waals surface area (Å²) in [5, 5.41) is 3.92. The molecular formula is C19H25N3O4S2. The molecule has 7 nitrogen and oxygen atoms in total. The largest absolute Gasteiger partial charge is 0.386 e. The molecule has 28 heavy (non-hydrogen) atoms. The molecule has 0 fully saturated rings.